The lowest BCUT2D eigenvalue weighted by Crippen LogP contribution is -2.11. The van der Waals surface area contributed by atoms with Crippen LogP contribution in [0.1, 0.15) is 28.9 Å². The Bertz CT molecular complexity index is 543. The Morgan fingerprint density at radius 3 is 2.56 bits per heavy atom. The van der Waals surface area contributed by atoms with E-state index in [-0.39, 0.29) is 11.6 Å². The molecule has 2 rings (SSSR count). The third-order valence-electron chi connectivity index (χ3n) is 2.63. The molecule has 1 atom stereocenters. The van der Waals surface area contributed by atoms with Crippen LogP contribution < -0.4 is 5.32 Å². The molecule has 0 aromatic carbocycles. The number of carboxylic acid groups (broad SMARTS) is 1. The topological polar surface area (TPSA) is 75.1 Å². The summed E-state index contributed by atoms with van der Waals surface area (Å²) in [4.78, 5) is 18.8. The first-order valence-corrected chi connectivity index (χ1v) is 5.52. The van der Waals surface area contributed by atoms with Crippen molar-refractivity contribution in [2.75, 3.05) is 5.32 Å². The van der Waals surface area contributed by atoms with Gasteiger partial charge in [-0.25, -0.2) is 4.79 Å². The van der Waals surface area contributed by atoms with E-state index in [4.69, 9.17) is 5.11 Å². The zero-order valence-electron chi connectivity index (χ0n) is 9.87. The summed E-state index contributed by atoms with van der Waals surface area (Å²) < 4.78 is 0. The van der Waals surface area contributed by atoms with Gasteiger partial charge in [0.2, 0.25) is 0 Å². The minimum Gasteiger partial charge on any atom is -0.478 e. The van der Waals surface area contributed by atoms with Gasteiger partial charge in [-0.2, -0.15) is 0 Å². The molecule has 2 aromatic rings. The summed E-state index contributed by atoms with van der Waals surface area (Å²) in [5.41, 5.74) is 1.76. The Kier molecular flexibility index (Phi) is 3.52. The molecule has 0 aliphatic carbocycles. The summed E-state index contributed by atoms with van der Waals surface area (Å²) in [5.74, 6) is -0.993. The van der Waals surface area contributed by atoms with Gasteiger partial charge in [0.05, 0.1) is 5.69 Å². The molecule has 0 saturated heterocycles. The highest BCUT2D eigenvalue weighted by atomic mass is 16.4. The maximum Gasteiger partial charge on any atom is 0.339 e. The van der Waals surface area contributed by atoms with Crippen molar-refractivity contribution in [3.63, 3.8) is 0 Å². The predicted molar refractivity (Wildman–Crippen MR) is 67.5 cm³/mol. The molecular weight excluding hydrogens is 230 g/mol. The maximum atomic E-state index is 11.0. The molecule has 0 saturated carbocycles. The smallest absolute Gasteiger partial charge is 0.339 e. The van der Waals surface area contributed by atoms with E-state index in [0.717, 1.165) is 5.56 Å². The summed E-state index contributed by atoms with van der Waals surface area (Å²) in [6.07, 6.45) is 6.31. The van der Waals surface area contributed by atoms with E-state index in [1.54, 1.807) is 24.7 Å². The van der Waals surface area contributed by atoms with Crippen LogP contribution in [0.2, 0.25) is 0 Å². The number of pyridine rings is 2. The van der Waals surface area contributed by atoms with E-state index in [0.29, 0.717) is 5.69 Å². The molecule has 2 heterocycles. The molecule has 2 aromatic heterocycles. The molecule has 0 aliphatic rings. The Morgan fingerprint density at radius 2 is 1.89 bits per heavy atom. The molecular formula is C13H13N3O2. The summed E-state index contributed by atoms with van der Waals surface area (Å²) in [7, 11) is 0. The zero-order chi connectivity index (χ0) is 13.0. The molecule has 0 spiro atoms. The van der Waals surface area contributed by atoms with Crippen LogP contribution >= 0.6 is 0 Å². The third kappa shape index (κ3) is 2.63. The van der Waals surface area contributed by atoms with Crippen molar-refractivity contribution in [3.8, 4) is 0 Å². The zero-order valence-corrected chi connectivity index (χ0v) is 9.87. The lowest BCUT2D eigenvalue weighted by molar-refractivity contribution is 0.0697. The highest BCUT2D eigenvalue weighted by molar-refractivity contribution is 5.93. The van der Waals surface area contributed by atoms with Crippen molar-refractivity contribution in [1.82, 2.24) is 9.97 Å². The quantitative estimate of drug-likeness (QED) is 0.862. The van der Waals surface area contributed by atoms with Crippen molar-refractivity contribution < 1.29 is 9.90 Å². The Morgan fingerprint density at radius 1 is 1.22 bits per heavy atom. The van der Waals surface area contributed by atoms with Crippen molar-refractivity contribution in [2.45, 2.75) is 13.0 Å². The van der Waals surface area contributed by atoms with E-state index in [1.807, 2.05) is 19.1 Å². The lowest BCUT2D eigenvalue weighted by atomic mass is 10.1. The largest absolute Gasteiger partial charge is 0.478 e. The summed E-state index contributed by atoms with van der Waals surface area (Å²) in [6, 6.07) is 5.42. The summed E-state index contributed by atoms with van der Waals surface area (Å²) >= 11 is 0. The van der Waals surface area contributed by atoms with Crippen LogP contribution in [0, 0.1) is 0 Å². The SMILES string of the molecule is CC(Nc1ccncc1C(=O)O)c1ccncc1. The summed E-state index contributed by atoms with van der Waals surface area (Å²) in [5, 5.41) is 12.2. The minimum absolute atomic E-state index is 0.00602. The first-order valence-electron chi connectivity index (χ1n) is 5.52. The standard InChI is InChI=1S/C13H13N3O2/c1-9(10-2-5-14-6-3-10)16-12-4-7-15-8-11(12)13(17)18/h2-9H,1H3,(H,15,16)(H,17,18). The molecule has 18 heavy (non-hydrogen) atoms. The van der Waals surface area contributed by atoms with E-state index < -0.39 is 5.97 Å². The average molecular weight is 243 g/mol. The van der Waals surface area contributed by atoms with Gasteiger partial charge in [0.15, 0.2) is 0 Å². The van der Waals surface area contributed by atoms with Gasteiger partial charge in [-0.05, 0) is 30.7 Å². The molecule has 0 bridgehead atoms. The Hall–Kier alpha value is -2.43. The van der Waals surface area contributed by atoms with Crippen LogP contribution in [-0.2, 0) is 0 Å². The highest BCUT2D eigenvalue weighted by Gasteiger charge is 2.12. The highest BCUT2D eigenvalue weighted by Crippen LogP contribution is 2.21. The number of nitrogens with one attached hydrogen (secondary N) is 1. The van der Waals surface area contributed by atoms with Crippen LogP contribution in [0.15, 0.2) is 43.0 Å². The van der Waals surface area contributed by atoms with Crippen LogP contribution in [0.25, 0.3) is 0 Å². The molecule has 5 nitrogen and oxygen atoms in total. The number of carbonyl (C=O) groups is 1. The molecule has 92 valence electrons. The number of aromatic carboxylic acids is 1. The minimum atomic E-state index is -0.993. The van der Waals surface area contributed by atoms with Gasteiger partial charge in [-0.15, -0.1) is 0 Å². The third-order valence-corrected chi connectivity index (χ3v) is 2.63. The molecule has 0 aliphatic heterocycles. The van der Waals surface area contributed by atoms with Crippen LogP contribution in [-0.4, -0.2) is 21.0 Å². The molecule has 2 N–H and O–H groups in total. The fourth-order valence-electron chi connectivity index (χ4n) is 1.66. The van der Waals surface area contributed by atoms with Gasteiger partial charge >= 0.3 is 5.97 Å². The van der Waals surface area contributed by atoms with Gasteiger partial charge < -0.3 is 10.4 Å². The molecule has 5 heteroatoms. The van der Waals surface area contributed by atoms with Gasteiger partial charge in [0, 0.05) is 30.8 Å². The number of carboxylic acids is 1. The van der Waals surface area contributed by atoms with Crippen molar-refractivity contribution >= 4 is 11.7 Å². The Labute approximate surface area is 105 Å². The second-order valence-electron chi connectivity index (χ2n) is 3.87. The van der Waals surface area contributed by atoms with E-state index >= 15 is 0 Å². The van der Waals surface area contributed by atoms with Crippen molar-refractivity contribution in [2.24, 2.45) is 0 Å². The fraction of sp³-hybridized carbons (Fsp3) is 0.154. The van der Waals surface area contributed by atoms with Gasteiger partial charge in [-0.3, -0.25) is 9.97 Å². The normalized spacial score (nSPS) is 11.8. The number of nitrogens with zero attached hydrogens (tertiary/aromatic N) is 2. The van der Waals surface area contributed by atoms with E-state index in [9.17, 15) is 4.79 Å². The van der Waals surface area contributed by atoms with Crippen LogP contribution in [0.4, 0.5) is 5.69 Å². The van der Waals surface area contributed by atoms with Gasteiger partial charge in [0.25, 0.3) is 0 Å². The van der Waals surface area contributed by atoms with Gasteiger partial charge in [0.1, 0.15) is 5.56 Å². The summed E-state index contributed by atoms with van der Waals surface area (Å²) in [6.45, 7) is 1.96. The molecule has 1 unspecified atom stereocenters. The Balaban J connectivity index is 2.22. The van der Waals surface area contributed by atoms with E-state index in [1.165, 1.54) is 6.20 Å². The van der Waals surface area contributed by atoms with Gasteiger partial charge in [-0.1, -0.05) is 0 Å². The first-order chi connectivity index (χ1) is 8.68. The lowest BCUT2D eigenvalue weighted by Gasteiger charge is -2.16. The molecule has 0 fully saturated rings. The number of rotatable bonds is 4. The second-order valence-corrected chi connectivity index (χ2v) is 3.87. The second kappa shape index (κ2) is 5.27. The first kappa shape index (κ1) is 12.0. The monoisotopic (exact) mass is 243 g/mol. The number of anilines is 1. The average Bonchev–Trinajstić information content (AvgIpc) is 2.40. The van der Waals surface area contributed by atoms with E-state index in [2.05, 4.69) is 15.3 Å². The number of hydrogen-bond acceptors (Lipinski definition) is 4. The van der Waals surface area contributed by atoms with Crippen LogP contribution in [0.5, 0.6) is 0 Å². The fourth-order valence-corrected chi connectivity index (χ4v) is 1.66. The number of hydrogen-bond donors (Lipinski definition) is 2. The number of aromatic nitrogens is 2. The van der Waals surface area contributed by atoms with Crippen molar-refractivity contribution in [3.05, 3.63) is 54.1 Å². The predicted octanol–water partition coefficient (Wildman–Crippen LogP) is 2.35. The maximum absolute atomic E-state index is 11.0. The van der Waals surface area contributed by atoms with Crippen molar-refractivity contribution in [1.29, 1.82) is 0 Å². The molecule has 0 radical (unpaired) electrons. The molecule has 0 amide bonds. The van der Waals surface area contributed by atoms with Crippen LogP contribution in [0.3, 0.4) is 0 Å².